The van der Waals surface area contributed by atoms with E-state index in [9.17, 15) is 18.0 Å². The van der Waals surface area contributed by atoms with Crippen molar-refractivity contribution in [2.45, 2.75) is 24.3 Å². The van der Waals surface area contributed by atoms with E-state index < -0.39 is 22.0 Å². The molecule has 156 valence electrons. The van der Waals surface area contributed by atoms with Gasteiger partial charge in [0.1, 0.15) is 6.04 Å². The molecule has 7 nitrogen and oxygen atoms in total. The molecule has 0 bridgehead atoms. The van der Waals surface area contributed by atoms with Gasteiger partial charge in [0.2, 0.25) is 15.9 Å². The molecule has 0 spiro atoms. The van der Waals surface area contributed by atoms with E-state index in [1.807, 2.05) is 30.3 Å². The molecule has 1 aromatic heterocycles. The average molecular weight is 444 g/mol. The highest BCUT2D eigenvalue weighted by atomic mass is 32.2. The molecule has 1 atom stereocenters. The number of carbonyl (C=O) groups excluding carboxylic acids is 2. The van der Waals surface area contributed by atoms with E-state index >= 15 is 0 Å². The second-order valence-corrected chi connectivity index (χ2v) is 9.19. The molecule has 0 saturated heterocycles. The molecule has 2 amide bonds. The summed E-state index contributed by atoms with van der Waals surface area (Å²) >= 11 is 1.28. The van der Waals surface area contributed by atoms with E-state index in [0.29, 0.717) is 10.4 Å². The molecule has 0 unspecified atom stereocenters. The number of nitrogens with one attached hydrogen (secondary N) is 2. The van der Waals surface area contributed by atoms with Gasteiger partial charge in [0.15, 0.2) is 0 Å². The Kier molecular flexibility index (Phi) is 6.66. The molecule has 3 aromatic rings. The minimum Gasteiger partial charge on any atom is -0.339 e. The first-order valence-electron chi connectivity index (χ1n) is 9.06. The first-order chi connectivity index (χ1) is 14.2. The van der Waals surface area contributed by atoms with Gasteiger partial charge in [-0.1, -0.05) is 42.5 Å². The lowest BCUT2D eigenvalue weighted by atomic mass is 10.0. The Morgan fingerprint density at radius 3 is 2.43 bits per heavy atom. The summed E-state index contributed by atoms with van der Waals surface area (Å²) in [4.78, 5) is 25.9. The van der Waals surface area contributed by atoms with Gasteiger partial charge in [-0.25, -0.2) is 13.6 Å². The van der Waals surface area contributed by atoms with E-state index in [1.54, 1.807) is 36.6 Å². The molecule has 0 fully saturated rings. The van der Waals surface area contributed by atoms with Gasteiger partial charge < -0.3 is 10.6 Å². The lowest BCUT2D eigenvalue weighted by molar-refractivity contribution is -0.118. The zero-order chi connectivity index (χ0) is 21.7. The minimum atomic E-state index is -3.93. The van der Waals surface area contributed by atoms with E-state index in [4.69, 9.17) is 5.14 Å². The third-order valence-electron chi connectivity index (χ3n) is 4.41. The third-order valence-corrected chi connectivity index (χ3v) is 6.33. The summed E-state index contributed by atoms with van der Waals surface area (Å²) in [6, 6.07) is 16.3. The van der Waals surface area contributed by atoms with Crippen LogP contribution in [-0.4, -0.2) is 26.3 Å². The van der Waals surface area contributed by atoms with Gasteiger partial charge in [0.25, 0.3) is 5.91 Å². The summed E-state index contributed by atoms with van der Waals surface area (Å²) in [6.07, 6.45) is 0.275. The Morgan fingerprint density at radius 1 is 1.07 bits per heavy atom. The van der Waals surface area contributed by atoms with E-state index in [0.717, 1.165) is 5.56 Å². The van der Waals surface area contributed by atoms with Crippen LogP contribution in [0.1, 0.15) is 20.8 Å². The number of hydrogen-bond donors (Lipinski definition) is 3. The molecular weight excluding hydrogens is 422 g/mol. The van der Waals surface area contributed by atoms with Crippen molar-refractivity contribution in [3.63, 3.8) is 0 Å². The fourth-order valence-corrected chi connectivity index (χ4v) is 4.34. The normalized spacial score (nSPS) is 12.2. The topological polar surface area (TPSA) is 118 Å². The van der Waals surface area contributed by atoms with Crippen LogP contribution >= 0.6 is 11.3 Å². The summed E-state index contributed by atoms with van der Waals surface area (Å²) in [5, 5.41) is 12.5. The predicted molar refractivity (Wildman–Crippen MR) is 117 cm³/mol. The van der Waals surface area contributed by atoms with Crippen LogP contribution in [0.2, 0.25) is 0 Å². The summed E-state index contributed by atoms with van der Waals surface area (Å²) in [7, 11) is -3.93. The fraction of sp³-hybridized carbons (Fsp3) is 0.143. The van der Waals surface area contributed by atoms with Crippen molar-refractivity contribution in [3.8, 4) is 0 Å². The zero-order valence-electron chi connectivity index (χ0n) is 16.2. The number of thiophene rings is 1. The number of hydrogen-bond acceptors (Lipinski definition) is 5. The maximum absolute atomic E-state index is 13.0. The Labute approximate surface area is 179 Å². The number of benzene rings is 2. The van der Waals surface area contributed by atoms with E-state index in [2.05, 4.69) is 10.6 Å². The second kappa shape index (κ2) is 9.21. The molecular formula is C21H21N3O4S2. The molecule has 0 aliphatic rings. The average Bonchev–Trinajstić information content (AvgIpc) is 3.24. The number of anilines is 1. The van der Waals surface area contributed by atoms with Crippen LogP contribution in [0.4, 0.5) is 5.69 Å². The van der Waals surface area contributed by atoms with Crippen molar-refractivity contribution in [1.82, 2.24) is 5.32 Å². The Balaban J connectivity index is 1.83. The summed E-state index contributed by atoms with van der Waals surface area (Å²) < 4.78 is 23.5. The van der Waals surface area contributed by atoms with Crippen LogP contribution in [0.3, 0.4) is 0 Å². The SMILES string of the molecule is Cc1ccc(NC(=O)[C@H](Cc2ccccc2)NC(=O)c2cccs2)cc1S(N)(=O)=O. The standard InChI is InChI=1S/C21H21N3O4S2/c1-14-9-10-16(13-19(14)30(22,27)28)23-20(25)17(12-15-6-3-2-4-7-15)24-21(26)18-8-5-11-29-18/h2-11,13,17H,12H2,1H3,(H,23,25)(H,24,26)(H2,22,27,28)/t17-/m0/s1. The molecule has 1 heterocycles. The maximum atomic E-state index is 13.0. The van der Waals surface area contributed by atoms with E-state index in [-0.39, 0.29) is 22.9 Å². The van der Waals surface area contributed by atoms with Gasteiger partial charge in [-0.3, -0.25) is 9.59 Å². The summed E-state index contributed by atoms with van der Waals surface area (Å²) in [5.41, 5.74) is 1.62. The van der Waals surface area contributed by atoms with Gasteiger partial charge in [-0.2, -0.15) is 0 Å². The van der Waals surface area contributed by atoms with Crippen LogP contribution in [0.5, 0.6) is 0 Å². The van der Waals surface area contributed by atoms with Crippen molar-refractivity contribution in [2.75, 3.05) is 5.32 Å². The van der Waals surface area contributed by atoms with Crippen molar-refractivity contribution in [2.24, 2.45) is 5.14 Å². The molecule has 4 N–H and O–H groups in total. The smallest absolute Gasteiger partial charge is 0.262 e. The monoisotopic (exact) mass is 443 g/mol. The van der Waals surface area contributed by atoms with Crippen LogP contribution in [0.15, 0.2) is 70.9 Å². The Hall–Kier alpha value is -3.01. The molecule has 0 aliphatic heterocycles. The van der Waals surface area contributed by atoms with Gasteiger partial charge in [-0.05, 0) is 41.6 Å². The van der Waals surface area contributed by atoms with Gasteiger partial charge in [-0.15, -0.1) is 11.3 Å². The van der Waals surface area contributed by atoms with Crippen molar-refractivity contribution < 1.29 is 18.0 Å². The summed E-state index contributed by atoms with van der Waals surface area (Å²) in [5.74, 6) is -0.816. The first-order valence-corrected chi connectivity index (χ1v) is 11.5. The fourth-order valence-electron chi connectivity index (χ4n) is 2.91. The number of carbonyl (C=O) groups is 2. The molecule has 0 aliphatic carbocycles. The molecule has 30 heavy (non-hydrogen) atoms. The van der Waals surface area contributed by atoms with Crippen molar-refractivity contribution in [1.29, 1.82) is 0 Å². The molecule has 9 heteroatoms. The Bertz CT molecular complexity index is 1140. The number of nitrogens with two attached hydrogens (primary N) is 1. The Morgan fingerprint density at radius 2 is 1.80 bits per heavy atom. The van der Waals surface area contributed by atoms with Crippen molar-refractivity contribution in [3.05, 3.63) is 82.0 Å². The lowest BCUT2D eigenvalue weighted by Crippen LogP contribution is -2.45. The van der Waals surface area contributed by atoms with E-state index in [1.165, 1.54) is 17.4 Å². The lowest BCUT2D eigenvalue weighted by Gasteiger charge is -2.19. The highest BCUT2D eigenvalue weighted by Crippen LogP contribution is 2.19. The maximum Gasteiger partial charge on any atom is 0.262 e. The van der Waals surface area contributed by atoms with Crippen LogP contribution in [-0.2, 0) is 21.2 Å². The van der Waals surface area contributed by atoms with Crippen molar-refractivity contribution >= 4 is 38.9 Å². The molecule has 0 radical (unpaired) electrons. The molecule has 0 saturated carbocycles. The van der Waals surface area contributed by atoms with Gasteiger partial charge >= 0.3 is 0 Å². The number of sulfonamides is 1. The van der Waals surface area contributed by atoms with Crippen LogP contribution in [0, 0.1) is 6.92 Å². The van der Waals surface area contributed by atoms with Gasteiger partial charge in [0, 0.05) is 12.1 Å². The number of aryl methyl sites for hydroxylation is 1. The quantitative estimate of drug-likeness (QED) is 0.520. The molecule has 2 aromatic carbocycles. The zero-order valence-corrected chi connectivity index (χ0v) is 17.8. The molecule has 3 rings (SSSR count). The second-order valence-electron chi connectivity index (χ2n) is 6.71. The third kappa shape index (κ3) is 5.53. The number of primary sulfonamides is 1. The van der Waals surface area contributed by atoms with Crippen LogP contribution < -0.4 is 15.8 Å². The number of amides is 2. The van der Waals surface area contributed by atoms with Gasteiger partial charge in [0.05, 0.1) is 9.77 Å². The highest BCUT2D eigenvalue weighted by molar-refractivity contribution is 7.89. The summed E-state index contributed by atoms with van der Waals surface area (Å²) in [6.45, 7) is 1.62. The predicted octanol–water partition coefficient (Wildman–Crippen LogP) is 2.68. The highest BCUT2D eigenvalue weighted by Gasteiger charge is 2.23. The van der Waals surface area contributed by atoms with Crippen LogP contribution in [0.25, 0.3) is 0 Å². The largest absolute Gasteiger partial charge is 0.339 e. The minimum absolute atomic E-state index is 0.0671. The number of rotatable bonds is 7. The first kappa shape index (κ1) is 21.7.